The minimum atomic E-state index is -0.784. The van der Waals surface area contributed by atoms with E-state index in [-0.39, 0.29) is 12.1 Å². The Morgan fingerprint density at radius 3 is 2.52 bits per heavy atom. The fraction of sp³-hybridized carbons (Fsp3) is 0.217. The van der Waals surface area contributed by atoms with Gasteiger partial charge in [0.2, 0.25) is 0 Å². The van der Waals surface area contributed by atoms with Crippen molar-refractivity contribution in [1.29, 1.82) is 0 Å². The molecule has 1 amide bonds. The quantitative estimate of drug-likeness (QED) is 0.545. The number of nitrogens with zero attached hydrogens (tertiary/aromatic N) is 1. The third-order valence-electron chi connectivity index (χ3n) is 4.73. The summed E-state index contributed by atoms with van der Waals surface area (Å²) in [5, 5.41) is 10.5. The van der Waals surface area contributed by atoms with Gasteiger partial charge >= 0.3 is 0 Å². The highest BCUT2D eigenvalue weighted by Gasteiger charge is 2.42. The van der Waals surface area contributed by atoms with Crippen LogP contribution in [-0.4, -0.2) is 42.0 Å². The molecule has 1 heterocycles. The molecule has 2 aromatic rings. The Morgan fingerprint density at radius 1 is 1.17 bits per heavy atom. The summed E-state index contributed by atoms with van der Waals surface area (Å²) in [6, 6.07) is 14.0. The van der Waals surface area contributed by atoms with Gasteiger partial charge in [0.15, 0.2) is 11.5 Å². The van der Waals surface area contributed by atoms with E-state index >= 15 is 0 Å². The first-order chi connectivity index (χ1) is 14.0. The van der Waals surface area contributed by atoms with E-state index in [0.717, 1.165) is 5.56 Å². The topological polar surface area (TPSA) is 66.8 Å². The average Bonchev–Trinajstić information content (AvgIpc) is 2.98. The molecule has 0 aromatic heterocycles. The normalized spacial score (nSPS) is 16.8. The maximum atomic E-state index is 13.4. The summed E-state index contributed by atoms with van der Waals surface area (Å²) >= 11 is 0. The minimum absolute atomic E-state index is 0.00814. The molecule has 0 bridgehead atoms. The van der Waals surface area contributed by atoms with Gasteiger partial charge in [-0.2, -0.15) is 0 Å². The Morgan fingerprint density at radius 2 is 1.86 bits per heavy atom. The van der Waals surface area contributed by atoms with E-state index < -0.39 is 29.3 Å². The fourth-order valence-corrected chi connectivity index (χ4v) is 3.33. The van der Waals surface area contributed by atoms with Crippen molar-refractivity contribution in [3.05, 3.63) is 88.9 Å². The SMILES string of the molecule is COCCCN1C(=O)C(O)=C(C(=O)C=Cc2ccccc2)C1c1ccc(F)cc1. The van der Waals surface area contributed by atoms with Crippen LogP contribution >= 0.6 is 0 Å². The number of allylic oxidation sites excluding steroid dienone is 1. The Bertz CT molecular complexity index is 935. The summed E-state index contributed by atoms with van der Waals surface area (Å²) in [5.74, 6) is -2.08. The zero-order valence-corrected chi connectivity index (χ0v) is 16.0. The number of ether oxygens (including phenoxy) is 1. The molecule has 5 nitrogen and oxygen atoms in total. The molecule has 150 valence electrons. The van der Waals surface area contributed by atoms with Gasteiger partial charge in [-0.05, 0) is 35.8 Å². The van der Waals surface area contributed by atoms with Crippen molar-refractivity contribution in [1.82, 2.24) is 4.90 Å². The Kier molecular flexibility index (Phi) is 6.57. The number of amides is 1. The van der Waals surface area contributed by atoms with Gasteiger partial charge in [-0.15, -0.1) is 0 Å². The minimum Gasteiger partial charge on any atom is -0.503 e. The number of methoxy groups -OCH3 is 1. The predicted molar refractivity (Wildman–Crippen MR) is 107 cm³/mol. The van der Waals surface area contributed by atoms with E-state index in [4.69, 9.17) is 4.74 Å². The van der Waals surface area contributed by atoms with Crippen LogP contribution in [0.1, 0.15) is 23.6 Å². The molecule has 1 atom stereocenters. The molecule has 29 heavy (non-hydrogen) atoms. The van der Waals surface area contributed by atoms with Crippen molar-refractivity contribution in [3.8, 4) is 0 Å². The lowest BCUT2D eigenvalue weighted by Crippen LogP contribution is -2.32. The van der Waals surface area contributed by atoms with Crippen LogP contribution in [-0.2, 0) is 14.3 Å². The number of carbonyl (C=O) groups excluding carboxylic acids is 2. The van der Waals surface area contributed by atoms with Crippen LogP contribution in [0.5, 0.6) is 0 Å². The van der Waals surface area contributed by atoms with Gasteiger partial charge in [0.1, 0.15) is 5.82 Å². The number of aliphatic hydroxyl groups excluding tert-OH is 1. The second-order valence-electron chi connectivity index (χ2n) is 6.67. The summed E-state index contributed by atoms with van der Waals surface area (Å²) in [4.78, 5) is 27.0. The number of rotatable bonds is 8. The van der Waals surface area contributed by atoms with E-state index in [1.165, 1.54) is 35.2 Å². The summed E-state index contributed by atoms with van der Waals surface area (Å²) in [6.45, 7) is 0.718. The highest BCUT2D eigenvalue weighted by atomic mass is 19.1. The molecule has 0 spiro atoms. The summed E-state index contributed by atoms with van der Waals surface area (Å²) in [6.07, 6.45) is 3.50. The Balaban J connectivity index is 1.94. The number of hydrogen-bond acceptors (Lipinski definition) is 4. The van der Waals surface area contributed by atoms with Gasteiger partial charge in [-0.25, -0.2) is 4.39 Å². The van der Waals surface area contributed by atoms with Gasteiger partial charge in [0.25, 0.3) is 5.91 Å². The summed E-state index contributed by atoms with van der Waals surface area (Å²) in [5.41, 5.74) is 1.37. The van der Waals surface area contributed by atoms with E-state index in [1.807, 2.05) is 30.3 Å². The maximum Gasteiger partial charge on any atom is 0.290 e. The third kappa shape index (κ3) is 4.60. The zero-order valence-electron chi connectivity index (χ0n) is 16.0. The Labute approximate surface area is 168 Å². The Hall–Kier alpha value is -3.25. The third-order valence-corrected chi connectivity index (χ3v) is 4.73. The summed E-state index contributed by atoms with van der Waals surface area (Å²) < 4.78 is 18.4. The lowest BCUT2D eigenvalue weighted by atomic mass is 9.95. The molecule has 0 saturated heterocycles. The van der Waals surface area contributed by atoms with Crippen molar-refractivity contribution in [2.75, 3.05) is 20.3 Å². The van der Waals surface area contributed by atoms with Crippen LogP contribution in [0.3, 0.4) is 0 Å². The molecule has 3 rings (SSSR count). The van der Waals surface area contributed by atoms with E-state index in [9.17, 15) is 19.1 Å². The number of benzene rings is 2. The van der Waals surface area contributed by atoms with Crippen molar-refractivity contribution >= 4 is 17.8 Å². The lowest BCUT2D eigenvalue weighted by molar-refractivity contribution is -0.129. The molecule has 0 radical (unpaired) electrons. The second kappa shape index (κ2) is 9.30. The number of halogens is 1. The molecule has 6 heteroatoms. The van der Waals surface area contributed by atoms with Crippen LogP contribution in [0.15, 0.2) is 72.0 Å². The first-order valence-electron chi connectivity index (χ1n) is 9.29. The first-order valence-corrected chi connectivity index (χ1v) is 9.29. The van der Waals surface area contributed by atoms with Gasteiger partial charge in [-0.3, -0.25) is 9.59 Å². The number of aliphatic hydroxyl groups is 1. The van der Waals surface area contributed by atoms with Crippen LogP contribution < -0.4 is 0 Å². The lowest BCUT2D eigenvalue weighted by Gasteiger charge is -2.26. The standard InChI is InChI=1S/C23H22FNO4/c1-29-15-5-14-25-21(17-9-11-18(24)12-10-17)20(22(27)23(25)28)19(26)13-8-16-6-3-2-4-7-16/h2-4,6-13,21,27H,5,14-15H2,1H3. The molecular weight excluding hydrogens is 373 g/mol. The molecule has 1 aliphatic heterocycles. The molecule has 1 unspecified atom stereocenters. The van der Waals surface area contributed by atoms with Crippen molar-refractivity contribution < 1.29 is 23.8 Å². The van der Waals surface area contributed by atoms with Gasteiger partial charge in [-0.1, -0.05) is 48.5 Å². The van der Waals surface area contributed by atoms with Gasteiger partial charge < -0.3 is 14.7 Å². The summed E-state index contributed by atoms with van der Waals surface area (Å²) in [7, 11) is 1.56. The largest absolute Gasteiger partial charge is 0.503 e. The maximum absolute atomic E-state index is 13.4. The van der Waals surface area contributed by atoms with Crippen LogP contribution in [0.2, 0.25) is 0 Å². The molecule has 2 aromatic carbocycles. The number of ketones is 1. The van der Waals surface area contributed by atoms with Crippen LogP contribution in [0.25, 0.3) is 6.08 Å². The fourth-order valence-electron chi connectivity index (χ4n) is 3.33. The molecule has 1 aliphatic rings. The molecule has 1 N–H and O–H groups in total. The van der Waals surface area contributed by atoms with Crippen LogP contribution in [0.4, 0.5) is 4.39 Å². The second-order valence-corrected chi connectivity index (χ2v) is 6.67. The van der Waals surface area contributed by atoms with E-state index in [2.05, 4.69) is 0 Å². The van der Waals surface area contributed by atoms with E-state index in [1.54, 1.807) is 13.2 Å². The van der Waals surface area contributed by atoms with Crippen molar-refractivity contribution in [2.24, 2.45) is 0 Å². The highest BCUT2D eigenvalue weighted by molar-refractivity contribution is 6.14. The average molecular weight is 395 g/mol. The van der Waals surface area contributed by atoms with Crippen molar-refractivity contribution in [2.45, 2.75) is 12.5 Å². The van der Waals surface area contributed by atoms with Crippen molar-refractivity contribution in [3.63, 3.8) is 0 Å². The van der Waals surface area contributed by atoms with E-state index in [0.29, 0.717) is 18.6 Å². The van der Waals surface area contributed by atoms with Gasteiger partial charge in [0.05, 0.1) is 11.6 Å². The monoisotopic (exact) mass is 395 g/mol. The smallest absolute Gasteiger partial charge is 0.290 e. The van der Waals surface area contributed by atoms with Crippen LogP contribution in [0, 0.1) is 5.82 Å². The molecule has 0 fully saturated rings. The highest BCUT2D eigenvalue weighted by Crippen LogP contribution is 2.38. The number of hydrogen-bond donors (Lipinski definition) is 1. The predicted octanol–water partition coefficient (Wildman–Crippen LogP) is 3.84. The molecule has 0 aliphatic carbocycles. The zero-order chi connectivity index (χ0) is 20.8. The molecule has 0 saturated carbocycles. The van der Waals surface area contributed by atoms with Gasteiger partial charge in [0, 0.05) is 20.3 Å². The number of carbonyl (C=O) groups is 2. The molecular formula is C23H22FNO4. The first kappa shape index (κ1) is 20.5.